The maximum absolute atomic E-state index is 9.74. The van der Waals surface area contributed by atoms with Crippen LogP contribution in [0.4, 0.5) is 5.82 Å². The first-order valence-electron chi connectivity index (χ1n) is 10.6. The van der Waals surface area contributed by atoms with Gasteiger partial charge in [0.1, 0.15) is 17.3 Å². The standard InChI is InChI=1S/C24H25N7O/c1-4-16(3)31-14-28-21-23(27-8-7-17-5-6-20(32)15(2)9-17)29-22(30-24(21)31)19-10-18(11-25)12-26-13-19/h5-6,9-10,12-14,16,32H,4,7-8H2,1-3H3,(H,27,29,30). The Morgan fingerprint density at radius 1 is 1.22 bits per heavy atom. The van der Waals surface area contributed by atoms with Crippen molar-refractivity contribution in [2.45, 2.75) is 39.7 Å². The fraction of sp³-hybridized carbons (Fsp3) is 0.292. The minimum absolute atomic E-state index is 0.235. The normalized spacial score (nSPS) is 11.9. The van der Waals surface area contributed by atoms with Gasteiger partial charge in [-0.05, 0) is 49.9 Å². The molecule has 3 heterocycles. The molecule has 1 unspecified atom stereocenters. The summed E-state index contributed by atoms with van der Waals surface area (Å²) >= 11 is 0. The molecule has 1 atom stereocenters. The molecule has 2 N–H and O–H groups in total. The van der Waals surface area contributed by atoms with Gasteiger partial charge in [0.2, 0.25) is 0 Å². The van der Waals surface area contributed by atoms with E-state index < -0.39 is 0 Å². The van der Waals surface area contributed by atoms with Crippen molar-refractivity contribution in [3.05, 3.63) is 59.7 Å². The van der Waals surface area contributed by atoms with Crippen LogP contribution in [-0.4, -0.2) is 36.2 Å². The predicted molar refractivity (Wildman–Crippen MR) is 123 cm³/mol. The number of anilines is 1. The third-order valence-electron chi connectivity index (χ3n) is 5.58. The molecule has 0 fully saturated rings. The zero-order valence-corrected chi connectivity index (χ0v) is 18.4. The van der Waals surface area contributed by atoms with Gasteiger partial charge in [-0.3, -0.25) is 4.98 Å². The Kier molecular flexibility index (Phi) is 5.99. The fourth-order valence-electron chi connectivity index (χ4n) is 3.51. The molecule has 4 rings (SSSR count). The first kappa shape index (κ1) is 21.2. The lowest BCUT2D eigenvalue weighted by Gasteiger charge is -2.13. The van der Waals surface area contributed by atoms with E-state index in [2.05, 4.69) is 39.8 Å². The number of phenolic OH excluding ortho intramolecular Hbond substituents is 1. The van der Waals surface area contributed by atoms with E-state index in [0.29, 0.717) is 40.6 Å². The number of phenols is 1. The van der Waals surface area contributed by atoms with Crippen molar-refractivity contribution in [2.75, 3.05) is 11.9 Å². The lowest BCUT2D eigenvalue weighted by atomic mass is 10.1. The minimum atomic E-state index is 0.235. The maximum Gasteiger partial charge on any atom is 0.166 e. The topological polar surface area (TPSA) is 113 Å². The van der Waals surface area contributed by atoms with E-state index in [1.165, 1.54) is 6.20 Å². The summed E-state index contributed by atoms with van der Waals surface area (Å²) in [6.07, 6.45) is 6.69. The molecule has 0 aliphatic heterocycles. The van der Waals surface area contributed by atoms with E-state index >= 15 is 0 Å². The zero-order valence-electron chi connectivity index (χ0n) is 18.4. The van der Waals surface area contributed by atoms with E-state index in [4.69, 9.17) is 9.97 Å². The molecule has 0 radical (unpaired) electrons. The summed E-state index contributed by atoms with van der Waals surface area (Å²) in [5.74, 6) is 1.44. The number of fused-ring (bicyclic) bond motifs is 1. The van der Waals surface area contributed by atoms with Gasteiger partial charge in [0.25, 0.3) is 0 Å². The monoisotopic (exact) mass is 427 g/mol. The molecule has 0 amide bonds. The van der Waals surface area contributed by atoms with Gasteiger partial charge < -0.3 is 15.0 Å². The number of nitrogens with one attached hydrogen (secondary N) is 1. The third-order valence-corrected chi connectivity index (χ3v) is 5.58. The van der Waals surface area contributed by atoms with Crippen LogP contribution >= 0.6 is 0 Å². The third kappa shape index (κ3) is 4.23. The van der Waals surface area contributed by atoms with Crippen LogP contribution in [0.5, 0.6) is 5.75 Å². The summed E-state index contributed by atoms with van der Waals surface area (Å²) in [7, 11) is 0. The first-order valence-corrected chi connectivity index (χ1v) is 10.6. The molecule has 1 aromatic carbocycles. The van der Waals surface area contributed by atoms with Crippen molar-refractivity contribution in [3.8, 4) is 23.2 Å². The molecule has 162 valence electrons. The summed E-state index contributed by atoms with van der Waals surface area (Å²) in [6, 6.07) is 9.70. The van der Waals surface area contributed by atoms with Gasteiger partial charge in [-0.15, -0.1) is 0 Å². The molecule has 0 saturated carbocycles. The number of hydrogen-bond donors (Lipinski definition) is 2. The molecule has 0 aliphatic rings. The molecular formula is C24H25N7O. The number of pyridine rings is 1. The van der Waals surface area contributed by atoms with Crippen LogP contribution in [0.15, 0.2) is 43.0 Å². The Hall–Kier alpha value is -3.99. The van der Waals surface area contributed by atoms with E-state index in [0.717, 1.165) is 29.6 Å². The Bertz CT molecular complexity index is 1310. The predicted octanol–water partition coefficient (Wildman–Crippen LogP) is 4.40. The van der Waals surface area contributed by atoms with Gasteiger partial charge in [0.15, 0.2) is 17.3 Å². The largest absolute Gasteiger partial charge is 0.508 e. The van der Waals surface area contributed by atoms with Crippen molar-refractivity contribution >= 4 is 17.0 Å². The van der Waals surface area contributed by atoms with Crippen LogP contribution < -0.4 is 5.32 Å². The molecule has 0 aliphatic carbocycles. The maximum atomic E-state index is 9.74. The van der Waals surface area contributed by atoms with Crippen molar-refractivity contribution in [1.82, 2.24) is 24.5 Å². The number of aryl methyl sites for hydroxylation is 1. The number of hydrogen-bond acceptors (Lipinski definition) is 7. The summed E-state index contributed by atoms with van der Waals surface area (Å²) in [5.41, 5.74) is 4.56. The number of imidazole rings is 1. The highest BCUT2D eigenvalue weighted by Gasteiger charge is 2.17. The summed E-state index contributed by atoms with van der Waals surface area (Å²) < 4.78 is 2.05. The van der Waals surface area contributed by atoms with E-state index in [1.807, 2.05) is 19.1 Å². The van der Waals surface area contributed by atoms with Gasteiger partial charge >= 0.3 is 0 Å². The molecule has 4 aromatic rings. The molecule has 32 heavy (non-hydrogen) atoms. The van der Waals surface area contributed by atoms with Gasteiger partial charge in [-0.25, -0.2) is 15.0 Å². The Morgan fingerprint density at radius 3 is 2.81 bits per heavy atom. The highest BCUT2D eigenvalue weighted by Crippen LogP contribution is 2.27. The van der Waals surface area contributed by atoms with Gasteiger partial charge in [0.05, 0.1) is 11.9 Å². The molecule has 0 saturated heterocycles. The van der Waals surface area contributed by atoms with E-state index in [1.54, 1.807) is 24.7 Å². The number of rotatable bonds is 7. The fourth-order valence-corrected chi connectivity index (χ4v) is 3.51. The van der Waals surface area contributed by atoms with Crippen LogP contribution in [0.1, 0.15) is 43.0 Å². The number of nitriles is 1. The van der Waals surface area contributed by atoms with Crippen LogP contribution in [0, 0.1) is 18.3 Å². The van der Waals surface area contributed by atoms with Crippen molar-refractivity contribution in [2.24, 2.45) is 0 Å². The number of aromatic hydroxyl groups is 1. The summed E-state index contributed by atoms with van der Waals surface area (Å²) in [4.78, 5) is 18.2. The molecule has 8 heteroatoms. The Balaban J connectivity index is 1.70. The molecule has 8 nitrogen and oxygen atoms in total. The average Bonchev–Trinajstić information content (AvgIpc) is 3.25. The number of nitrogens with zero attached hydrogens (tertiary/aromatic N) is 6. The van der Waals surface area contributed by atoms with Crippen LogP contribution in [-0.2, 0) is 6.42 Å². The lowest BCUT2D eigenvalue weighted by molar-refractivity contribution is 0.471. The second-order valence-electron chi connectivity index (χ2n) is 7.85. The van der Waals surface area contributed by atoms with Crippen LogP contribution in [0.25, 0.3) is 22.6 Å². The second kappa shape index (κ2) is 9.02. The average molecular weight is 428 g/mol. The highest BCUT2D eigenvalue weighted by molar-refractivity contribution is 5.85. The number of benzene rings is 1. The summed E-state index contributed by atoms with van der Waals surface area (Å²) in [6.45, 7) is 6.78. The quantitative estimate of drug-likeness (QED) is 0.449. The van der Waals surface area contributed by atoms with Crippen LogP contribution in [0.3, 0.4) is 0 Å². The molecular weight excluding hydrogens is 402 g/mol. The first-order chi connectivity index (χ1) is 15.5. The van der Waals surface area contributed by atoms with Gasteiger partial charge in [-0.2, -0.15) is 5.26 Å². The second-order valence-corrected chi connectivity index (χ2v) is 7.85. The number of aromatic nitrogens is 5. The highest BCUT2D eigenvalue weighted by atomic mass is 16.3. The van der Waals surface area contributed by atoms with Crippen molar-refractivity contribution < 1.29 is 5.11 Å². The van der Waals surface area contributed by atoms with Crippen molar-refractivity contribution in [3.63, 3.8) is 0 Å². The molecule has 0 bridgehead atoms. The van der Waals surface area contributed by atoms with Gasteiger partial charge in [-0.1, -0.05) is 19.1 Å². The van der Waals surface area contributed by atoms with Gasteiger partial charge in [0, 0.05) is 30.5 Å². The Labute approximate surface area is 186 Å². The van der Waals surface area contributed by atoms with E-state index in [-0.39, 0.29) is 6.04 Å². The SMILES string of the molecule is CCC(C)n1cnc2c(NCCc3ccc(O)c(C)c3)nc(-c3cncc(C#N)c3)nc21. The molecule has 0 spiro atoms. The molecule has 3 aromatic heterocycles. The summed E-state index contributed by atoms with van der Waals surface area (Å²) in [5, 5.41) is 22.4. The Morgan fingerprint density at radius 2 is 2.06 bits per heavy atom. The van der Waals surface area contributed by atoms with Crippen molar-refractivity contribution in [1.29, 1.82) is 5.26 Å². The van der Waals surface area contributed by atoms with Crippen LogP contribution in [0.2, 0.25) is 0 Å². The zero-order chi connectivity index (χ0) is 22.7. The smallest absolute Gasteiger partial charge is 0.166 e. The lowest BCUT2D eigenvalue weighted by Crippen LogP contribution is -2.09. The minimum Gasteiger partial charge on any atom is -0.508 e. The van der Waals surface area contributed by atoms with E-state index in [9.17, 15) is 10.4 Å².